The molecule has 0 aliphatic carbocycles. The molecule has 2 saturated heterocycles. The smallest absolute Gasteiger partial charge is 0.328 e. The lowest BCUT2D eigenvalue weighted by molar-refractivity contribution is -0.134. The van der Waals surface area contributed by atoms with Crippen molar-refractivity contribution in [1.82, 2.24) is 29.9 Å². The van der Waals surface area contributed by atoms with E-state index in [1.807, 2.05) is 27.8 Å². The number of aliphatic hydroxyl groups excluding tert-OH is 1. The Labute approximate surface area is 305 Å². The number of rotatable bonds is 17. The maximum absolute atomic E-state index is 14.3. The molecule has 0 bridgehead atoms. The van der Waals surface area contributed by atoms with Gasteiger partial charge in [0.15, 0.2) is 5.82 Å². The number of hydrogen-bond acceptors (Lipinski definition) is 12. The molecule has 0 saturated carbocycles. The van der Waals surface area contributed by atoms with E-state index in [1.54, 1.807) is 12.0 Å². The summed E-state index contributed by atoms with van der Waals surface area (Å²) in [5.74, 6) is -1.95. The maximum atomic E-state index is 14.3. The van der Waals surface area contributed by atoms with Crippen LogP contribution < -0.4 is 9.64 Å². The van der Waals surface area contributed by atoms with E-state index in [-0.39, 0.29) is 34.6 Å². The molecular formula is C36H54FN7O8. The zero-order valence-corrected chi connectivity index (χ0v) is 31.2. The molecule has 1 amide bonds. The summed E-state index contributed by atoms with van der Waals surface area (Å²) >= 11 is 0. The van der Waals surface area contributed by atoms with Crippen LogP contribution in [0.5, 0.6) is 11.6 Å². The van der Waals surface area contributed by atoms with Crippen molar-refractivity contribution < 1.29 is 43.6 Å². The lowest BCUT2D eigenvalue weighted by Crippen LogP contribution is -2.62. The first-order valence-corrected chi connectivity index (χ1v) is 17.5. The minimum absolute atomic E-state index is 0.0546. The third-order valence-electron chi connectivity index (χ3n) is 9.31. The van der Waals surface area contributed by atoms with Gasteiger partial charge in [0.2, 0.25) is 0 Å². The number of carbonyl (C=O) groups excluding carboxylic acids is 1. The number of hydrogen-bond donors (Lipinski definition) is 3. The molecule has 0 radical (unpaired) electrons. The highest BCUT2D eigenvalue weighted by Crippen LogP contribution is 2.44. The normalized spacial score (nSPS) is 16.6. The third kappa shape index (κ3) is 11.9. The molecule has 2 aliphatic rings. The number of anilines is 1. The van der Waals surface area contributed by atoms with E-state index in [4.69, 9.17) is 19.7 Å². The van der Waals surface area contributed by atoms with Gasteiger partial charge < -0.3 is 39.5 Å². The van der Waals surface area contributed by atoms with E-state index in [9.17, 15) is 23.9 Å². The van der Waals surface area contributed by atoms with Crippen LogP contribution in [-0.4, -0.2) is 148 Å². The fourth-order valence-electron chi connectivity index (χ4n) is 6.76. The first-order valence-electron chi connectivity index (χ1n) is 17.5. The van der Waals surface area contributed by atoms with Crippen molar-refractivity contribution in [2.24, 2.45) is 11.3 Å². The predicted molar refractivity (Wildman–Crippen MR) is 192 cm³/mol. The van der Waals surface area contributed by atoms with Gasteiger partial charge in [-0.1, -0.05) is 13.8 Å². The molecule has 2 fully saturated rings. The van der Waals surface area contributed by atoms with Gasteiger partial charge in [-0.05, 0) is 64.8 Å². The van der Waals surface area contributed by atoms with Crippen LogP contribution in [-0.2, 0) is 14.3 Å². The summed E-state index contributed by atoms with van der Waals surface area (Å²) in [7, 11) is 3.70. The SMILES string of the molecule is CCN(C(=O)c1cc(F)ccc1Oc1nncnc1N1CCC2(C1)CN([C@H](C[C@H](O)CN(C)CCOC)C(C)C)C2)C(C)C.O=C(O)/C=C/C(=O)O. The van der Waals surface area contributed by atoms with Gasteiger partial charge in [-0.15, -0.1) is 10.2 Å². The number of benzene rings is 1. The molecule has 1 spiro atoms. The largest absolute Gasteiger partial charge is 0.478 e. The first kappa shape index (κ1) is 42.2. The lowest BCUT2D eigenvalue weighted by atomic mass is 9.76. The van der Waals surface area contributed by atoms with Gasteiger partial charge in [0.25, 0.3) is 11.8 Å². The van der Waals surface area contributed by atoms with Gasteiger partial charge in [0.05, 0.1) is 18.3 Å². The number of carboxylic acid groups (broad SMARTS) is 2. The summed E-state index contributed by atoms with van der Waals surface area (Å²) in [4.78, 5) is 45.4. The van der Waals surface area contributed by atoms with Crippen LogP contribution in [0, 0.1) is 17.2 Å². The summed E-state index contributed by atoms with van der Waals surface area (Å²) < 4.78 is 25.6. The van der Waals surface area contributed by atoms with Gasteiger partial charge in [-0.25, -0.2) is 19.0 Å². The molecular weight excluding hydrogens is 677 g/mol. The van der Waals surface area contributed by atoms with Crippen LogP contribution in [0.15, 0.2) is 36.7 Å². The molecule has 16 heteroatoms. The second-order valence-corrected chi connectivity index (χ2v) is 14.1. The average molecular weight is 732 g/mol. The summed E-state index contributed by atoms with van der Waals surface area (Å²) in [6.07, 6.45) is 3.84. The highest BCUT2D eigenvalue weighted by molar-refractivity contribution is 5.97. The fourth-order valence-corrected chi connectivity index (χ4v) is 6.76. The number of ether oxygens (including phenoxy) is 2. The van der Waals surface area contributed by atoms with Crippen molar-refractivity contribution in [3.63, 3.8) is 0 Å². The Morgan fingerprint density at radius 1 is 1.10 bits per heavy atom. The molecule has 0 unspecified atom stereocenters. The van der Waals surface area contributed by atoms with Gasteiger partial charge in [0, 0.05) is 82.6 Å². The molecule has 1 aromatic heterocycles. The zero-order valence-electron chi connectivity index (χ0n) is 31.2. The van der Waals surface area contributed by atoms with Crippen LogP contribution >= 0.6 is 0 Å². The summed E-state index contributed by atoms with van der Waals surface area (Å²) in [6.45, 7) is 16.2. The molecule has 2 aromatic rings. The number of aromatic nitrogens is 3. The fraction of sp³-hybridized carbons (Fsp3) is 0.611. The molecule has 288 valence electrons. The zero-order chi connectivity index (χ0) is 38.6. The van der Waals surface area contributed by atoms with E-state index in [1.165, 1.54) is 24.5 Å². The first-order chi connectivity index (χ1) is 24.6. The minimum atomic E-state index is -1.26. The van der Waals surface area contributed by atoms with E-state index in [0.29, 0.717) is 49.6 Å². The predicted octanol–water partition coefficient (Wildman–Crippen LogP) is 3.25. The minimum Gasteiger partial charge on any atom is -0.478 e. The number of likely N-dealkylation sites (tertiary alicyclic amines) is 1. The molecule has 2 aliphatic heterocycles. The number of methoxy groups -OCH3 is 1. The standard InChI is InChI=1S/C32H50FN7O4.C4H4O4/c1-8-40(23(4)5)31(42)26-15-24(33)9-10-28(26)44-30-29(34-21-35-36-30)38-12-11-32(18-38)19-39(20-32)27(22(2)3)16-25(41)17-37(6)13-14-43-7;5-3(6)1-2-4(7)8/h9-10,15,21-23,25,27,41H,8,11-14,16-20H2,1-7H3;1-2H,(H,5,6)(H,7,8)/b;2-1+/t25-,27+;/m0./s1. The monoisotopic (exact) mass is 731 g/mol. The van der Waals surface area contributed by atoms with E-state index < -0.39 is 23.9 Å². The Balaban J connectivity index is 0.000000815. The van der Waals surface area contributed by atoms with E-state index >= 15 is 0 Å². The van der Waals surface area contributed by atoms with Crippen LogP contribution in [0.25, 0.3) is 0 Å². The highest BCUT2D eigenvalue weighted by Gasteiger charge is 2.50. The summed E-state index contributed by atoms with van der Waals surface area (Å²) in [5, 5.41) is 34.7. The second kappa shape index (κ2) is 19.5. The number of carbonyl (C=O) groups is 3. The topological polar surface area (TPSA) is 182 Å². The third-order valence-corrected chi connectivity index (χ3v) is 9.31. The average Bonchev–Trinajstić information content (AvgIpc) is 3.52. The molecule has 1 aromatic carbocycles. The van der Waals surface area contributed by atoms with E-state index in [2.05, 4.69) is 43.7 Å². The van der Waals surface area contributed by atoms with Crippen molar-refractivity contribution >= 4 is 23.7 Å². The Bertz CT molecular complexity index is 1510. The van der Waals surface area contributed by atoms with Gasteiger partial charge in [0.1, 0.15) is 17.9 Å². The molecule has 2 atom stereocenters. The van der Waals surface area contributed by atoms with Crippen molar-refractivity contribution in [3.8, 4) is 11.6 Å². The number of nitrogens with zero attached hydrogens (tertiary/aromatic N) is 7. The molecule has 3 heterocycles. The molecule has 4 rings (SSSR count). The quantitative estimate of drug-likeness (QED) is 0.202. The van der Waals surface area contributed by atoms with Gasteiger partial charge in [-0.2, -0.15) is 0 Å². The number of carboxylic acids is 2. The highest BCUT2D eigenvalue weighted by atomic mass is 19.1. The molecule has 52 heavy (non-hydrogen) atoms. The Kier molecular flexibility index (Phi) is 15.9. The molecule has 15 nitrogen and oxygen atoms in total. The Hall–Kier alpha value is -4.25. The number of aliphatic hydroxyl groups is 1. The van der Waals surface area contributed by atoms with Gasteiger partial charge >= 0.3 is 11.9 Å². The summed E-state index contributed by atoms with van der Waals surface area (Å²) in [5.41, 5.74) is 0.252. The lowest BCUT2D eigenvalue weighted by Gasteiger charge is -2.53. The Morgan fingerprint density at radius 3 is 2.35 bits per heavy atom. The maximum Gasteiger partial charge on any atom is 0.328 e. The van der Waals surface area contributed by atoms with Crippen LogP contribution in [0.1, 0.15) is 57.8 Å². The number of halogens is 1. The number of amides is 1. The van der Waals surface area contributed by atoms with Gasteiger partial charge in [-0.3, -0.25) is 9.69 Å². The molecule has 3 N–H and O–H groups in total. The van der Waals surface area contributed by atoms with Crippen molar-refractivity contribution in [1.29, 1.82) is 0 Å². The Morgan fingerprint density at radius 2 is 1.77 bits per heavy atom. The van der Waals surface area contributed by atoms with Crippen molar-refractivity contribution in [2.75, 3.05) is 71.5 Å². The van der Waals surface area contributed by atoms with Crippen LogP contribution in [0.4, 0.5) is 10.2 Å². The summed E-state index contributed by atoms with van der Waals surface area (Å²) in [6, 6.07) is 4.18. The van der Waals surface area contributed by atoms with Crippen molar-refractivity contribution in [3.05, 3.63) is 48.1 Å². The van der Waals surface area contributed by atoms with Crippen molar-refractivity contribution in [2.45, 2.75) is 65.6 Å². The number of likely N-dealkylation sites (N-methyl/N-ethyl adjacent to an activating group) is 1. The van der Waals surface area contributed by atoms with E-state index in [0.717, 1.165) is 45.6 Å². The van der Waals surface area contributed by atoms with Crippen LogP contribution in [0.2, 0.25) is 0 Å². The number of aliphatic carboxylic acids is 2. The van der Waals surface area contributed by atoms with Crippen LogP contribution in [0.3, 0.4) is 0 Å². The second-order valence-electron chi connectivity index (χ2n) is 14.1.